The van der Waals surface area contributed by atoms with Crippen molar-refractivity contribution >= 4 is 33.5 Å². The van der Waals surface area contributed by atoms with E-state index in [1.165, 1.54) is 22.5 Å². The quantitative estimate of drug-likeness (QED) is 0.671. The van der Waals surface area contributed by atoms with Gasteiger partial charge in [-0.3, -0.25) is 4.79 Å². The van der Waals surface area contributed by atoms with Crippen molar-refractivity contribution in [1.29, 1.82) is 0 Å². The lowest BCUT2D eigenvalue weighted by atomic mass is 10.2. The highest BCUT2D eigenvalue weighted by Crippen LogP contribution is 2.28. The van der Waals surface area contributed by atoms with Crippen LogP contribution in [0.2, 0.25) is 5.02 Å². The molecule has 28 heavy (non-hydrogen) atoms. The van der Waals surface area contributed by atoms with Crippen LogP contribution in [0.1, 0.15) is 49.9 Å². The van der Waals surface area contributed by atoms with E-state index >= 15 is 0 Å². The molecule has 1 aromatic carbocycles. The molecule has 1 fully saturated rings. The highest BCUT2D eigenvalue weighted by atomic mass is 35.5. The molecule has 0 atom stereocenters. The van der Waals surface area contributed by atoms with Gasteiger partial charge in [-0.25, -0.2) is 13.2 Å². The number of carbonyl (C=O) groups excluding carboxylic acids is 2. The number of halogens is 1. The minimum absolute atomic E-state index is 0.0365. The van der Waals surface area contributed by atoms with Gasteiger partial charge in [-0.2, -0.15) is 4.31 Å². The topological polar surface area (TPSA) is 92.8 Å². The molecule has 7 nitrogen and oxygen atoms in total. The lowest BCUT2D eigenvalue weighted by Gasteiger charge is -2.21. The van der Waals surface area contributed by atoms with Crippen molar-refractivity contribution in [2.75, 3.05) is 26.2 Å². The van der Waals surface area contributed by atoms with E-state index in [0.29, 0.717) is 19.6 Å². The second-order valence-electron chi connectivity index (χ2n) is 7.24. The van der Waals surface area contributed by atoms with Crippen LogP contribution in [-0.4, -0.2) is 50.8 Å². The van der Waals surface area contributed by atoms with Gasteiger partial charge in [-0.1, -0.05) is 38.3 Å². The van der Waals surface area contributed by atoms with Crippen molar-refractivity contribution in [2.24, 2.45) is 5.92 Å². The van der Waals surface area contributed by atoms with Crippen LogP contribution >= 0.6 is 11.6 Å². The Balaban J connectivity index is 2.11. The molecule has 2 rings (SSSR count). The third kappa shape index (κ3) is 6.18. The second kappa shape index (κ2) is 10.2. The Morgan fingerprint density at radius 2 is 1.82 bits per heavy atom. The largest absolute Gasteiger partial charge is 0.452 e. The molecular formula is C19H27ClN2O5S. The molecular weight excluding hydrogens is 404 g/mol. The molecule has 0 spiro atoms. The lowest BCUT2D eigenvalue weighted by molar-refractivity contribution is -0.124. The molecule has 1 aliphatic heterocycles. The molecule has 0 unspecified atom stereocenters. The van der Waals surface area contributed by atoms with Crippen molar-refractivity contribution < 1.29 is 22.7 Å². The zero-order valence-corrected chi connectivity index (χ0v) is 17.8. The van der Waals surface area contributed by atoms with E-state index in [1.54, 1.807) is 0 Å². The summed E-state index contributed by atoms with van der Waals surface area (Å²) in [5.74, 6) is -0.903. The number of nitrogens with zero attached hydrogens (tertiary/aromatic N) is 1. The van der Waals surface area contributed by atoms with E-state index in [-0.39, 0.29) is 21.4 Å². The van der Waals surface area contributed by atoms with Crippen molar-refractivity contribution in [1.82, 2.24) is 9.62 Å². The Hall–Kier alpha value is -1.64. The normalized spacial score (nSPS) is 15.9. The van der Waals surface area contributed by atoms with Gasteiger partial charge in [0.1, 0.15) is 4.90 Å². The highest BCUT2D eigenvalue weighted by Gasteiger charge is 2.28. The van der Waals surface area contributed by atoms with E-state index in [0.717, 1.165) is 25.7 Å². The summed E-state index contributed by atoms with van der Waals surface area (Å²) >= 11 is 6.12. The van der Waals surface area contributed by atoms with Gasteiger partial charge >= 0.3 is 5.97 Å². The Morgan fingerprint density at radius 1 is 1.18 bits per heavy atom. The average molecular weight is 431 g/mol. The number of ether oxygens (including phenoxy) is 1. The molecule has 0 radical (unpaired) electrons. The zero-order valence-electron chi connectivity index (χ0n) is 16.2. The smallest absolute Gasteiger partial charge is 0.338 e. The zero-order chi connectivity index (χ0) is 20.7. The maximum absolute atomic E-state index is 13.0. The van der Waals surface area contributed by atoms with E-state index in [2.05, 4.69) is 5.32 Å². The summed E-state index contributed by atoms with van der Waals surface area (Å²) in [5.41, 5.74) is 0.0365. The van der Waals surface area contributed by atoms with Crippen molar-refractivity contribution in [2.45, 2.75) is 44.4 Å². The van der Waals surface area contributed by atoms with E-state index in [1.807, 2.05) is 13.8 Å². The van der Waals surface area contributed by atoms with Crippen LogP contribution in [0.25, 0.3) is 0 Å². The number of rotatable bonds is 7. The number of hydrogen-bond donors (Lipinski definition) is 1. The van der Waals surface area contributed by atoms with Crippen LogP contribution in [-0.2, 0) is 19.6 Å². The molecule has 1 saturated heterocycles. The first-order chi connectivity index (χ1) is 13.2. The summed E-state index contributed by atoms with van der Waals surface area (Å²) in [7, 11) is -3.81. The van der Waals surface area contributed by atoms with E-state index in [4.69, 9.17) is 16.3 Å². The van der Waals surface area contributed by atoms with Gasteiger partial charge < -0.3 is 10.1 Å². The highest BCUT2D eigenvalue weighted by molar-refractivity contribution is 7.89. The van der Waals surface area contributed by atoms with Gasteiger partial charge in [-0.05, 0) is 37.0 Å². The number of nitrogens with one attached hydrogen (secondary N) is 1. The first kappa shape index (κ1) is 22.6. The standard InChI is InChI=1S/C19H27ClN2O5S/c1-14(2)12-21-18(23)13-27-19(24)15-7-8-16(20)17(11-15)28(25,26)22-9-5-3-4-6-10-22/h7-8,11,14H,3-6,9-10,12-13H2,1-2H3,(H,21,23). The monoisotopic (exact) mass is 430 g/mol. The fourth-order valence-corrected chi connectivity index (χ4v) is 4.85. The predicted molar refractivity (Wildman–Crippen MR) is 107 cm³/mol. The molecule has 1 N–H and O–H groups in total. The molecule has 0 saturated carbocycles. The minimum Gasteiger partial charge on any atom is -0.452 e. The molecule has 1 aromatic rings. The van der Waals surface area contributed by atoms with Gasteiger partial charge in [0.25, 0.3) is 5.91 Å². The lowest BCUT2D eigenvalue weighted by Crippen LogP contribution is -2.32. The molecule has 1 aliphatic rings. The van der Waals surface area contributed by atoms with Crippen LogP contribution in [0.3, 0.4) is 0 Å². The minimum atomic E-state index is -3.81. The van der Waals surface area contributed by atoms with Crippen LogP contribution in [0.5, 0.6) is 0 Å². The molecule has 9 heteroatoms. The summed E-state index contributed by atoms with van der Waals surface area (Å²) in [4.78, 5) is 23.8. The molecule has 0 aromatic heterocycles. The van der Waals surface area contributed by atoms with Crippen molar-refractivity contribution in [3.8, 4) is 0 Å². The molecule has 0 bridgehead atoms. The summed E-state index contributed by atoms with van der Waals surface area (Å²) in [6.07, 6.45) is 3.57. The third-order valence-corrected chi connectivity index (χ3v) is 6.77. The van der Waals surface area contributed by atoms with E-state index in [9.17, 15) is 18.0 Å². The van der Waals surface area contributed by atoms with Crippen molar-refractivity contribution in [3.05, 3.63) is 28.8 Å². The van der Waals surface area contributed by atoms with Crippen LogP contribution in [0.15, 0.2) is 23.1 Å². The van der Waals surface area contributed by atoms with Gasteiger partial charge in [0.05, 0.1) is 10.6 Å². The summed E-state index contributed by atoms with van der Waals surface area (Å²) in [6.45, 7) is 4.82. The molecule has 0 aliphatic carbocycles. The fraction of sp³-hybridized carbons (Fsp3) is 0.579. The first-order valence-corrected chi connectivity index (χ1v) is 11.3. The van der Waals surface area contributed by atoms with Crippen molar-refractivity contribution in [3.63, 3.8) is 0 Å². The van der Waals surface area contributed by atoms with Crippen LogP contribution < -0.4 is 5.32 Å². The summed E-state index contributed by atoms with van der Waals surface area (Å²) in [6, 6.07) is 3.97. The summed E-state index contributed by atoms with van der Waals surface area (Å²) in [5, 5.41) is 2.69. The number of amides is 1. The Morgan fingerprint density at radius 3 is 2.43 bits per heavy atom. The number of sulfonamides is 1. The van der Waals surface area contributed by atoms with Gasteiger partial charge in [-0.15, -0.1) is 0 Å². The maximum atomic E-state index is 13.0. The number of benzene rings is 1. The van der Waals surface area contributed by atoms with Crippen LogP contribution in [0.4, 0.5) is 0 Å². The third-order valence-electron chi connectivity index (χ3n) is 4.39. The first-order valence-electron chi connectivity index (χ1n) is 9.45. The molecule has 1 heterocycles. The Bertz CT molecular complexity index is 803. The predicted octanol–water partition coefficient (Wildman–Crippen LogP) is 2.83. The maximum Gasteiger partial charge on any atom is 0.338 e. The van der Waals surface area contributed by atoms with Gasteiger partial charge in [0.2, 0.25) is 10.0 Å². The van der Waals surface area contributed by atoms with Gasteiger partial charge in [0.15, 0.2) is 6.61 Å². The molecule has 1 amide bonds. The average Bonchev–Trinajstić information content (AvgIpc) is 2.94. The number of esters is 1. The van der Waals surface area contributed by atoms with Gasteiger partial charge in [0, 0.05) is 19.6 Å². The fourth-order valence-electron chi connectivity index (χ4n) is 2.83. The SMILES string of the molecule is CC(C)CNC(=O)COC(=O)c1ccc(Cl)c(S(=O)(=O)N2CCCCCC2)c1. The second-order valence-corrected chi connectivity index (χ2v) is 9.55. The van der Waals surface area contributed by atoms with Crippen LogP contribution in [0, 0.1) is 5.92 Å². The number of hydrogen-bond acceptors (Lipinski definition) is 5. The number of carbonyl (C=O) groups is 2. The molecule has 156 valence electrons. The Kier molecular flexibility index (Phi) is 8.27. The Labute approximate surface area is 171 Å². The summed E-state index contributed by atoms with van der Waals surface area (Å²) < 4.78 is 32.4. The van der Waals surface area contributed by atoms with E-state index < -0.39 is 28.5 Å².